The maximum atomic E-state index is 4.87. The standard InChI is InChI=1S/C21H41NS2/c23-21(24)22-19-15-10-8-6-4-2-1-3-5-7-9-12-16-20-17-13-11-14-18-20/h20H,1-19H2,(H2,22,23,24). The molecule has 0 unspecified atom stereocenters. The summed E-state index contributed by atoms with van der Waals surface area (Å²) in [5, 5.41) is 3.10. The van der Waals surface area contributed by atoms with Crippen molar-refractivity contribution in [3.05, 3.63) is 0 Å². The molecule has 0 radical (unpaired) electrons. The minimum absolute atomic E-state index is 0.629. The van der Waals surface area contributed by atoms with Crippen LogP contribution in [0.25, 0.3) is 0 Å². The van der Waals surface area contributed by atoms with Gasteiger partial charge in [0.05, 0.1) is 0 Å². The van der Waals surface area contributed by atoms with Crippen LogP contribution < -0.4 is 5.32 Å². The van der Waals surface area contributed by atoms with Gasteiger partial charge in [0.1, 0.15) is 4.32 Å². The summed E-state index contributed by atoms with van der Waals surface area (Å²) in [5.74, 6) is 1.09. The first-order valence-electron chi connectivity index (χ1n) is 10.8. The molecule has 24 heavy (non-hydrogen) atoms. The predicted octanol–water partition coefficient (Wildman–Crippen LogP) is 7.44. The Morgan fingerprint density at radius 1 is 0.708 bits per heavy atom. The van der Waals surface area contributed by atoms with E-state index in [4.69, 9.17) is 12.2 Å². The summed E-state index contributed by atoms with van der Waals surface area (Å²) in [5.41, 5.74) is 0. The van der Waals surface area contributed by atoms with Gasteiger partial charge in [0, 0.05) is 6.54 Å². The molecule has 0 aromatic rings. The van der Waals surface area contributed by atoms with Crippen LogP contribution in [0.3, 0.4) is 0 Å². The van der Waals surface area contributed by atoms with Crippen molar-refractivity contribution in [1.29, 1.82) is 0 Å². The maximum Gasteiger partial charge on any atom is 0.130 e. The first kappa shape index (κ1) is 22.3. The van der Waals surface area contributed by atoms with Gasteiger partial charge in [-0.2, -0.15) is 0 Å². The molecule has 0 aromatic carbocycles. The average Bonchev–Trinajstić information content (AvgIpc) is 2.59. The molecule has 1 saturated carbocycles. The lowest BCUT2D eigenvalue weighted by Crippen LogP contribution is -2.17. The van der Waals surface area contributed by atoms with Crippen LogP contribution in [0.2, 0.25) is 0 Å². The van der Waals surface area contributed by atoms with Crippen LogP contribution in [-0.2, 0) is 0 Å². The fourth-order valence-corrected chi connectivity index (χ4v) is 4.21. The minimum atomic E-state index is 0.629. The topological polar surface area (TPSA) is 12.0 Å². The Labute approximate surface area is 162 Å². The van der Waals surface area contributed by atoms with E-state index in [1.807, 2.05) is 0 Å². The Morgan fingerprint density at radius 3 is 1.67 bits per heavy atom. The highest BCUT2D eigenvalue weighted by atomic mass is 32.1. The van der Waals surface area contributed by atoms with Crippen molar-refractivity contribution in [2.45, 2.75) is 116 Å². The second-order valence-electron chi connectivity index (χ2n) is 7.77. The van der Waals surface area contributed by atoms with Crippen molar-refractivity contribution in [3.8, 4) is 0 Å². The van der Waals surface area contributed by atoms with Crippen LogP contribution in [0, 0.1) is 5.92 Å². The number of hydrogen-bond acceptors (Lipinski definition) is 1. The molecule has 0 amide bonds. The number of thiol groups is 1. The maximum absolute atomic E-state index is 4.87. The second kappa shape index (κ2) is 16.7. The van der Waals surface area contributed by atoms with Crippen molar-refractivity contribution in [3.63, 3.8) is 0 Å². The molecule has 3 heteroatoms. The van der Waals surface area contributed by atoms with Gasteiger partial charge < -0.3 is 5.32 Å². The second-order valence-corrected chi connectivity index (χ2v) is 8.93. The Hall–Kier alpha value is 0.240. The van der Waals surface area contributed by atoms with Gasteiger partial charge in [-0.05, 0) is 12.3 Å². The number of hydrogen-bond donors (Lipinski definition) is 2. The van der Waals surface area contributed by atoms with Crippen molar-refractivity contribution in [1.82, 2.24) is 5.32 Å². The molecule has 1 N–H and O–H groups in total. The van der Waals surface area contributed by atoms with Crippen LogP contribution in [0.4, 0.5) is 0 Å². The van der Waals surface area contributed by atoms with Crippen molar-refractivity contribution < 1.29 is 0 Å². The molecule has 0 bridgehead atoms. The normalized spacial score (nSPS) is 15.5. The summed E-state index contributed by atoms with van der Waals surface area (Å²) < 4.78 is 0.629. The van der Waals surface area contributed by atoms with Crippen molar-refractivity contribution >= 4 is 29.2 Å². The van der Waals surface area contributed by atoms with E-state index in [1.165, 1.54) is 116 Å². The third kappa shape index (κ3) is 14.6. The third-order valence-corrected chi connectivity index (χ3v) is 5.84. The molecule has 1 nitrogen and oxygen atoms in total. The zero-order chi connectivity index (χ0) is 17.3. The minimum Gasteiger partial charge on any atom is -0.371 e. The summed E-state index contributed by atoms with van der Waals surface area (Å²) >= 11 is 8.93. The average molecular weight is 372 g/mol. The highest BCUT2D eigenvalue weighted by Gasteiger charge is 2.12. The zero-order valence-electron chi connectivity index (χ0n) is 15.9. The van der Waals surface area contributed by atoms with Gasteiger partial charge >= 0.3 is 0 Å². The number of unbranched alkanes of at least 4 members (excludes halogenated alkanes) is 11. The molecule has 0 aliphatic heterocycles. The highest BCUT2D eigenvalue weighted by molar-refractivity contribution is 8.11. The summed E-state index contributed by atoms with van der Waals surface area (Å²) in [6.07, 6.45) is 26.2. The molecular formula is C21H41NS2. The quantitative estimate of drug-likeness (QED) is 0.176. The predicted molar refractivity (Wildman–Crippen MR) is 116 cm³/mol. The monoisotopic (exact) mass is 371 g/mol. The molecule has 1 aliphatic rings. The first-order chi connectivity index (χ1) is 11.8. The molecule has 142 valence electrons. The lowest BCUT2D eigenvalue weighted by molar-refractivity contribution is 0.328. The van der Waals surface area contributed by atoms with E-state index in [2.05, 4.69) is 17.9 Å². The summed E-state index contributed by atoms with van der Waals surface area (Å²) in [4.78, 5) is 0. The molecular weight excluding hydrogens is 330 g/mol. The SMILES string of the molecule is S=C(S)NCCCCCCCCCCCCCCC1CCCCC1. The van der Waals surface area contributed by atoms with E-state index < -0.39 is 0 Å². The lowest BCUT2D eigenvalue weighted by Gasteiger charge is -2.21. The molecule has 0 saturated heterocycles. The summed E-state index contributed by atoms with van der Waals surface area (Å²) in [6.45, 7) is 0.989. The summed E-state index contributed by atoms with van der Waals surface area (Å²) in [6, 6.07) is 0. The van der Waals surface area contributed by atoms with E-state index >= 15 is 0 Å². The van der Waals surface area contributed by atoms with Crippen LogP contribution in [0.5, 0.6) is 0 Å². The van der Waals surface area contributed by atoms with E-state index in [9.17, 15) is 0 Å². The fraction of sp³-hybridized carbons (Fsp3) is 0.952. The molecule has 1 fully saturated rings. The van der Waals surface area contributed by atoms with Crippen LogP contribution >= 0.6 is 24.8 Å². The fourth-order valence-electron chi connectivity index (χ4n) is 4.00. The van der Waals surface area contributed by atoms with Gasteiger partial charge in [0.2, 0.25) is 0 Å². The van der Waals surface area contributed by atoms with Crippen LogP contribution in [0.1, 0.15) is 116 Å². The Bertz CT molecular complexity index is 288. The van der Waals surface area contributed by atoms with E-state index in [1.54, 1.807) is 0 Å². The van der Waals surface area contributed by atoms with Gasteiger partial charge in [0.15, 0.2) is 0 Å². The van der Waals surface area contributed by atoms with Gasteiger partial charge in [-0.15, -0.1) is 12.6 Å². The number of rotatable bonds is 15. The lowest BCUT2D eigenvalue weighted by atomic mass is 9.85. The molecule has 0 heterocycles. The number of thiocarbonyl (C=S) groups is 1. The van der Waals surface area contributed by atoms with Crippen LogP contribution in [0.15, 0.2) is 0 Å². The van der Waals surface area contributed by atoms with Crippen molar-refractivity contribution in [2.24, 2.45) is 5.92 Å². The van der Waals surface area contributed by atoms with Gasteiger partial charge in [0.25, 0.3) is 0 Å². The Morgan fingerprint density at radius 2 is 1.17 bits per heavy atom. The smallest absolute Gasteiger partial charge is 0.130 e. The zero-order valence-corrected chi connectivity index (χ0v) is 17.6. The first-order valence-corrected chi connectivity index (χ1v) is 11.6. The third-order valence-electron chi connectivity index (χ3n) is 5.54. The van der Waals surface area contributed by atoms with Crippen LogP contribution in [-0.4, -0.2) is 10.9 Å². The molecule has 0 spiro atoms. The van der Waals surface area contributed by atoms with Gasteiger partial charge in [-0.1, -0.05) is 121 Å². The van der Waals surface area contributed by atoms with Gasteiger partial charge in [-0.3, -0.25) is 0 Å². The Balaban J connectivity index is 1.68. The highest BCUT2D eigenvalue weighted by Crippen LogP contribution is 2.28. The number of nitrogens with one attached hydrogen (secondary N) is 1. The van der Waals surface area contributed by atoms with Gasteiger partial charge in [-0.25, -0.2) is 0 Å². The van der Waals surface area contributed by atoms with Crippen molar-refractivity contribution in [2.75, 3.05) is 6.54 Å². The largest absolute Gasteiger partial charge is 0.371 e. The molecule has 0 aromatic heterocycles. The molecule has 0 atom stereocenters. The molecule has 1 rings (SSSR count). The Kier molecular flexibility index (Phi) is 15.5. The molecule has 1 aliphatic carbocycles. The van der Waals surface area contributed by atoms with E-state index in [-0.39, 0.29) is 0 Å². The van der Waals surface area contributed by atoms with E-state index in [0.29, 0.717) is 4.32 Å². The van der Waals surface area contributed by atoms with E-state index in [0.717, 1.165) is 12.5 Å². The summed E-state index contributed by atoms with van der Waals surface area (Å²) in [7, 11) is 0.